The van der Waals surface area contributed by atoms with Crippen LogP contribution in [-0.2, 0) is 19.6 Å². The van der Waals surface area contributed by atoms with E-state index in [-0.39, 0.29) is 36.2 Å². The van der Waals surface area contributed by atoms with Crippen molar-refractivity contribution in [3.8, 4) is 0 Å². The van der Waals surface area contributed by atoms with Gasteiger partial charge in [-0.1, -0.05) is 0 Å². The second-order valence-electron chi connectivity index (χ2n) is 5.39. The minimum absolute atomic E-state index is 0.0902. The molecule has 8 nitrogen and oxygen atoms in total. The zero-order chi connectivity index (χ0) is 15.9. The zero-order valence-electron chi connectivity index (χ0n) is 11.7. The van der Waals surface area contributed by atoms with Crippen molar-refractivity contribution in [1.29, 1.82) is 0 Å². The topological polar surface area (TPSA) is 107 Å². The Hall–Kier alpha value is -2.16. The van der Waals surface area contributed by atoms with Crippen molar-refractivity contribution in [2.24, 2.45) is 10.3 Å². The van der Waals surface area contributed by atoms with Gasteiger partial charge in [-0.15, -0.1) is 4.40 Å². The molecule has 1 N–H and O–H groups in total. The van der Waals surface area contributed by atoms with E-state index in [1.165, 1.54) is 11.0 Å². The molecule has 0 aromatic rings. The Morgan fingerprint density at radius 1 is 1.32 bits per heavy atom. The van der Waals surface area contributed by atoms with Crippen LogP contribution >= 0.6 is 0 Å². The average Bonchev–Trinajstić information content (AvgIpc) is 2.95. The second kappa shape index (κ2) is 5.24. The summed E-state index contributed by atoms with van der Waals surface area (Å²) in [5, 5.41) is 9.00. The molecule has 0 aliphatic carbocycles. The Morgan fingerprint density at radius 3 is 2.77 bits per heavy atom. The first kappa shape index (κ1) is 14.8. The van der Waals surface area contributed by atoms with Gasteiger partial charge in [0.05, 0.1) is 17.2 Å². The number of hydrogen-bond donors (Lipinski definition) is 1. The number of sulfonamides is 1. The van der Waals surface area contributed by atoms with Crippen LogP contribution in [0.4, 0.5) is 0 Å². The number of carboxylic acids is 1. The van der Waals surface area contributed by atoms with Gasteiger partial charge in [0, 0.05) is 25.8 Å². The molecule has 0 spiro atoms. The molecule has 0 aromatic heterocycles. The van der Waals surface area contributed by atoms with Gasteiger partial charge in [0.2, 0.25) is 0 Å². The maximum atomic E-state index is 12.6. The number of hydrogen-bond acceptors (Lipinski definition) is 5. The summed E-state index contributed by atoms with van der Waals surface area (Å²) in [6, 6.07) is 0. The van der Waals surface area contributed by atoms with Gasteiger partial charge in [-0.05, 0) is 18.6 Å². The van der Waals surface area contributed by atoms with E-state index in [1.807, 2.05) is 0 Å². The number of fused-ring (bicyclic) bond motifs is 1. The van der Waals surface area contributed by atoms with Crippen LogP contribution < -0.4 is 0 Å². The second-order valence-corrected chi connectivity index (χ2v) is 7.15. The highest BCUT2D eigenvalue weighted by molar-refractivity contribution is 7.90. The van der Waals surface area contributed by atoms with Crippen LogP contribution in [0.3, 0.4) is 0 Å². The third kappa shape index (κ3) is 2.63. The minimum Gasteiger partial charge on any atom is -0.481 e. The monoisotopic (exact) mass is 325 g/mol. The van der Waals surface area contributed by atoms with Gasteiger partial charge in [-0.3, -0.25) is 9.59 Å². The standard InChI is InChI=1S/C13H15N3O5S/c17-12(16-5-3-9(8-16)13(18)19)10-2-1-4-15-6-7-22(20,21)14-11(10)15/h1-2,4,9H,3,5-8H2,(H,18,19). The molecule has 0 radical (unpaired) electrons. The molecule has 1 atom stereocenters. The Labute approximate surface area is 127 Å². The van der Waals surface area contributed by atoms with Crippen LogP contribution in [0.25, 0.3) is 0 Å². The minimum atomic E-state index is -3.56. The number of amidine groups is 1. The fourth-order valence-corrected chi connectivity index (χ4v) is 3.69. The zero-order valence-corrected chi connectivity index (χ0v) is 12.5. The van der Waals surface area contributed by atoms with E-state index in [1.54, 1.807) is 17.2 Å². The molecule has 3 heterocycles. The summed E-state index contributed by atoms with van der Waals surface area (Å²) in [5.74, 6) is -1.84. The van der Waals surface area contributed by atoms with E-state index in [9.17, 15) is 18.0 Å². The molecular formula is C13H15N3O5S. The van der Waals surface area contributed by atoms with E-state index >= 15 is 0 Å². The number of allylic oxidation sites excluding steroid dienone is 2. The molecule has 1 fully saturated rings. The number of likely N-dealkylation sites (tertiary alicyclic amines) is 1. The number of nitrogens with zero attached hydrogens (tertiary/aromatic N) is 3. The van der Waals surface area contributed by atoms with E-state index in [2.05, 4.69) is 4.40 Å². The van der Waals surface area contributed by atoms with Gasteiger partial charge in [0.15, 0.2) is 5.84 Å². The molecule has 1 unspecified atom stereocenters. The molecule has 0 bridgehead atoms. The molecule has 22 heavy (non-hydrogen) atoms. The summed E-state index contributed by atoms with van der Waals surface area (Å²) in [6.07, 6.45) is 5.26. The number of rotatable bonds is 2. The third-order valence-electron chi connectivity index (χ3n) is 3.91. The summed E-state index contributed by atoms with van der Waals surface area (Å²) in [6.45, 7) is 0.728. The lowest BCUT2D eigenvalue weighted by Gasteiger charge is -2.30. The molecule has 9 heteroatoms. The van der Waals surface area contributed by atoms with Gasteiger partial charge in [0.25, 0.3) is 15.9 Å². The van der Waals surface area contributed by atoms with Crippen molar-refractivity contribution in [2.45, 2.75) is 6.42 Å². The van der Waals surface area contributed by atoms with Crippen LogP contribution in [0, 0.1) is 5.92 Å². The number of carboxylic acid groups (broad SMARTS) is 1. The predicted octanol–water partition coefficient (Wildman–Crippen LogP) is -0.583. The van der Waals surface area contributed by atoms with Gasteiger partial charge in [0.1, 0.15) is 0 Å². The summed E-state index contributed by atoms with van der Waals surface area (Å²) < 4.78 is 27.0. The Bertz CT molecular complexity index is 722. The normalized spacial score (nSPS) is 26.3. The third-order valence-corrected chi connectivity index (χ3v) is 5.06. The van der Waals surface area contributed by atoms with Gasteiger partial charge >= 0.3 is 5.97 Å². The van der Waals surface area contributed by atoms with Gasteiger partial charge < -0.3 is 14.9 Å². The molecule has 0 aromatic carbocycles. The van der Waals surface area contributed by atoms with Crippen LogP contribution in [-0.4, -0.2) is 66.4 Å². The Kier molecular flexibility index (Phi) is 3.51. The molecule has 1 amide bonds. The van der Waals surface area contributed by atoms with E-state index in [0.29, 0.717) is 13.0 Å². The lowest BCUT2D eigenvalue weighted by Crippen LogP contribution is -2.43. The maximum Gasteiger partial charge on any atom is 0.308 e. The number of carbonyl (C=O) groups excluding carboxylic acids is 1. The molecule has 3 aliphatic rings. The van der Waals surface area contributed by atoms with Crippen LogP contribution in [0.5, 0.6) is 0 Å². The quantitative estimate of drug-likeness (QED) is 0.727. The number of carbonyl (C=O) groups is 2. The molecule has 3 aliphatic heterocycles. The highest BCUT2D eigenvalue weighted by Crippen LogP contribution is 2.23. The fraction of sp³-hybridized carbons (Fsp3) is 0.462. The molecule has 0 saturated carbocycles. The summed E-state index contributed by atoms with van der Waals surface area (Å²) in [5.41, 5.74) is 0.191. The SMILES string of the molecule is O=C(O)C1CCN(C(=O)C2=CC=CN3CCS(=O)(=O)N=C23)C1. The van der Waals surface area contributed by atoms with Crippen molar-refractivity contribution >= 4 is 27.7 Å². The maximum absolute atomic E-state index is 12.6. The highest BCUT2D eigenvalue weighted by Gasteiger charge is 2.36. The molecular weight excluding hydrogens is 310 g/mol. The summed E-state index contributed by atoms with van der Waals surface area (Å²) >= 11 is 0. The van der Waals surface area contributed by atoms with Crippen molar-refractivity contribution < 1.29 is 23.1 Å². The smallest absolute Gasteiger partial charge is 0.308 e. The van der Waals surface area contributed by atoms with Crippen LogP contribution in [0.15, 0.2) is 28.3 Å². The Morgan fingerprint density at radius 2 is 2.09 bits per heavy atom. The van der Waals surface area contributed by atoms with Crippen molar-refractivity contribution in [3.63, 3.8) is 0 Å². The Balaban J connectivity index is 1.86. The largest absolute Gasteiger partial charge is 0.481 e. The lowest BCUT2D eigenvalue weighted by atomic mass is 10.1. The van der Waals surface area contributed by atoms with Crippen molar-refractivity contribution in [2.75, 3.05) is 25.4 Å². The van der Waals surface area contributed by atoms with Crippen molar-refractivity contribution in [1.82, 2.24) is 9.80 Å². The first-order valence-corrected chi connectivity index (χ1v) is 8.48. The van der Waals surface area contributed by atoms with E-state index in [0.717, 1.165) is 0 Å². The first-order valence-electron chi connectivity index (χ1n) is 6.87. The van der Waals surface area contributed by atoms with Gasteiger partial charge in [-0.2, -0.15) is 0 Å². The van der Waals surface area contributed by atoms with Crippen LogP contribution in [0.1, 0.15) is 6.42 Å². The van der Waals surface area contributed by atoms with Crippen LogP contribution in [0.2, 0.25) is 0 Å². The summed E-state index contributed by atoms with van der Waals surface area (Å²) in [7, 11) is -3.56. The van der Waals surface area contributed by atoms with E-state index < -0.39 is 21.9 Å². The predicted molar refractivity (Wildman–Crippen MR) is 77.5 cm³/mol. The van der Waals surface area contributed by atoms with Crippen molar-refractivity contribution in [3.05, 3.63) is 23.9 Å². The fourth-order valence-electron chi connectivity index (χ4n) is 2.70. The first-order chi connectivity index (χ1) is 10.4. The molecule has 3 rings (SSSR count). The summed E-state index contributed by atoms with van der Waals surface area (Å²) in [4.78, 5) is 26.6. The van der Waals surface area contributed by atoms with Gasteiger partial charge in [-0.25, -0.2) is 8.42 Å². The highest BCUT2D eigenvalue weighted by atomic mass is 32.2. The average molecular weight is 325 g/mol. The number of aliphatic carboxylic acids is 1. The van der Waals surface area contributed by atoms with E-state index in [4.69, 9.17) is 5.11 Å². The lowest BCUT2D eigenvalue weighted by molar-refractivity contribution is -0.141. The number of amides is 1. The molecule has 1 saturated heterocycles. The molecule has 118 valence electrons.